The third-order valence-corrected chi connectivity index (χ3v) is 4.24. The van der Waals surface area contributed by atoms with Gasteiger partial charge in [-0.05, 0) is 11.6 Å². The Hall–Kier alpha value is -2.41. The van der Waals surface area contributed by atoms with Gasteiger partial charge in [0.05, 0.1) is 5.92 Å². The molecule has 0 aliphatic carbocycles. The first kappa shape index (κ1) is 16.0. The Morgan fingerprint density at radius 3 is 2.82 bits per heavy atom. The van der Waals surface area contributed by atoms with Crippen LogP contribution in [0.3, 0.4) is 0 Å². The number of carbonyl (C=O) groups excluding carboxylic acids is 1. The number of nitrogens with zero attached hydrogens (tertiary/aromatic N) is 2. The maximum atomic E-state index is 11.7. The van der Waals surface area contributed by atoms with Crippen molar-refractivity contribution in [1.82, 2.24) is 5.32 Å². The van der Waals surface area contributed by atoms with Gasteiger partial charge in [-0.15, -0.1) is 5.10 Å². The number of hydrogen-bond donors (Lipinski definition) is 2. The van der Waals surface area contributed by atoms with Crippen molar-refractivity contribution in [2.75, 3.05) is 0 Å². The van der Waals surface area contributed by atoms with Crippen LogP contribution in [0.1, 0.15) is 12.5 Å². The first-order valence-electron chi connectivity index (χ1n) is 6.61. The first-order valence-corrected chi connectivity index (χ1v) is 7.49. The van der Waals surface area contributed by atoms with Gasteiger partial charge in [-0.25, -0.2) is 0 Å². The van der Waals surface area contributed by atoms with E-state index in [1.807, 2.05) is 36.4 Å². The van der Waals surface area contributed by atoms with Crippen LogP contribution in [-0.4, -0.2) is 33.6 Å². The molecule has 1 aromatic rings. The zero-order chi connectivity index (χ0) is 15.9. The highest BCUT2D eigenvalue weighted by Gasteiger charge is 2.38. The Morgan fingerprint density at radius 1 is 1.41 bits per heavy atom. The van der Waals surface area contributed by atoms with E-state index in [1.165, 1.54) is 13.1 Å². The van der Waals surface area contributed by atoms with Crippen molar-refractivity contribution >= 4 is 41.1 Å². The standard InChI is InChI=1S/C15H15N3O3S/c1-10(14(20)21)12-13(19)17-15(22-12)18-16-9-5-8-11-6-3-2-4-7-11/h2-10,12H,1H3,(H,20,21)(H,17,18,19)/b8-5+,16-9+. The van der Waals surface area contributed by atoms with E-state index in [0.29, 0.717) is 5.17 Å². The summed E-state index contributed by atoms with van der Waals surface area (Å²) in [5.74, 6) is -2.14. The highest BCUT2D eigenvalue weighted by Crippen LogP contribution is 2.26. The van der Waals surface area contributed by atoms with Gasteiger partial charge in [-0.3, -0.25) is 9.59 Å². The highest BCUT2D eigenvalue weighted by molar-refractivity contribution is 8.15. The molecule has 1 heterocycles. The first-order chi connectivity index (χ1) is 10.6. The molecule has 1 saturated heterocycles. The summed E-state index contributed by atoms with van der Waals surface area (Å²) in [5.41, 5.74) is 1.04. The number of carbonyl (C=O) groups is 2. The van der Waals surface area contributed by atoms with Crippen molar-refractivity contribution in [2.24, 2.45) is 16.1 Å². The van der Waals surface area contributed by atoms with E-state index in [4.69, 9.17) is 5.11 Å². The van der Waals surface area contributed by atoms with Crippen LogP contribution >= 0.6 is 11.8 Å². The van der Waals surface area contributed by atoms with Crippen LogP contribution in [0.4, 0.5) is 0 Å². The number of carboxylic acids is 1. The van der Waals surface area contributed by atoms with E-state index in [9.17, 15) is 9.59 Å². The molecule has 1 aliphatic rings. The van der Waals surface area contributed by atoms with Gasteiger partial charge in [0.1, 0.15) is 5.25 Å². The van der Waals surface area contributed by atoms with E-state index >= 15 is 0 Å². The van der Waals surface area contributed by atoms with Crippen LogP contribution in [0.15, 0.2) is 46.6 Å². The summed E-state index contributed by atoms with van der Waals surface area (Å²) in [5, 5.41) is 18.8. The van der Waals surface area contributed by atoms with Crippen molar-refractivity contribution in [1.29, 1.82) is 0 Å². The molecule has 2 N–H and O–H groups in total. The van der Waals surface area contributed by atoms with Crippen molar-refractivity contribution < 1.29 is 14.7 Å². The van der Waals surface area contributed by atoms with E-state index in [2.05, 4.69) is 15.5 Å². The van der Waals surface area contributed by atoms with Crippen LogP contribution in [-0.2, 0) is 9.59 Å². The van der Waals surface area contributed by atoms with Crippen LogP contribution in [0.25, 0.3) is 6.08 Å². The predicted octanol–water partition coefficient (Wildman–Crippen LogP) is 1.99. The zero-order valence-corrected chi connectivity index (χ0v) is 12.7. The predicted molar refractivity (Wildman–Crippen MR) is 87.7 cm³/mol. The summed E-state index contributed by atoms with van der Waals surface area (Å²) in [7, 11) is 0. The fraction of sp³-hybridized carbons (Fsp3) is 0.200. The summed E-state index contributed by atoms with van der Waals surface area (Å²) in [6, 6.07) is 9.73. The van der Waals surface area contributed by atoms with Crippen molar-refractivity contribution in [3.8, 4) is 0 Å². The van der Waals surface area contributed by atoms with E-state index in [-0.39, 0.29) is 5.91 Å². The summed E-state index contributed by atoms with van der Waals surface area (Å²) in [6.07, 6.45) is 5.11. The average molecular weight is 317 g/mol. The Kier molecular flexibility index (Phi) is 5.48. The number of rotatable bonds is 5. The van der Waals surface area contributed by atoms with Crippen molar-refractivity contribution in [2.45, 2.75) is 12.2 Å². The summed E-state index contributed by atoms with van der Waals surface area (Å²) >= 11 is 1.08. The zero-order valence-electron chi connectivity index (χ0n) is 11.8. The second-order valence-corrected chi connectivity index (χ2v) is 5.72. The number of aliphatic carboxylic acids is 1. The van der Waals surface area contributed by atoms with Gasteiger partial charge in [0.15, 0.2) is 5.17 Å². The molecule has 0 radical (unpaired) electrons. The Balaban J connectivity index is 1.92. The topological polar surface area (TPSA) is 91.1 Å². The Labute approximate surface area is 132 Å². The SMILES string of the molecule is CC(C(=O)O)C1S/C(=N/N=C/C=C/c2ccccc2)NC1=O. The number of amides is 1. The minimum atomic E-state index is -1.01. The molecule has 1 fully saturated rings. The molecule has 1 aromatic carbocycles. The quantitative estimate of drug-likeness (QED) is 0.642. The number of hydrogen-bond acceptors (Lipinski definition) is 5. The monoisotopic (exact) mass is 317 g/mol. The number of carboxylic acid groups (broad SMARTS) is 1. The molecule has 0 saturated carbocycles. The fourth-order valence-electron chi connectivity index (χ4n) is 1.73. The normalized spacial score (nSPS) is 21.6. The molecular formula is C15H15N3O3S. The molecule has 2 unspecified atom stereocenters. The molecule has 1 amide bonds. The Bertz CT molecular complexity index is 641. The van der Waals surface area contributed by atoms with Gasteiger partial charge < -0.3 is 10.4 Å². The molecule has 7 heteroatoms. The third-order valence-electron chi connectivity index (χ3n) is 2.96. The lowest BCUT2D eigenvalue weighted by Gasteiger charge is -2.08. The number of allylic oxidation sites excluding steroid dienone is 1. The van der Waals surface area contributed by atoms with E-state index < -0.39 is 17.1 Å². The van der Waals surface area contributed by atoms with Crippen molar-refractivity contribution in [3.05, 3.63) is 42.0 Å². The van der Waals surface area contributed by atoms with E-state index in [1.54, 1.807) is 6.08 Å². The second kappa shape index (κ2) is 7.56. The fourth-order valence-corrected chi connectivity index (χ4v) is 2.71. The number of amidine groups is 1. The lowest BCUT2D eigenvalue weighted by Crippen LogP contribution is -2.32. The third kappa shape index (κ3) is 4.29. The molecule has 0 aromatic heterocycles. The second-order valence-electron chi connectivity index (χ2n) is 4.59. The average Bonchev–Trinajstić information content (AvgIpc) is 2.88. The Morgan fingerprint density at radius 2 is 2.14 bits per heavy atom. The molecular weight excluding hydrogens is 302 g/mol. The van der Waals surface area contributed by atoms with Gasteiger partial charge in [0.25, 0.3) is 0 Å². The van der Waals surface area contributed by atoms with E-state index in [0.717, 1.165) is 17.3 Å². The van der Waals surface area contributed by atoms with Gasteiger partial charge >= 0.3 is 5.97 Å². The molecule has 1 aliphatic heterocycles. The van der Waals surface area contributed by atoms with Crippen LogP contribution < -0.4 is 5.32 Å². The van der Waals surface area contributed by atoms with Gasteiger partial charge in [-0.1, -0.05) is 55.1 Å². The maximum absolute atomic E-state index is 11.7. The lowest BCUT2D eigenvalue weighted by molar-refractivity contribution is -0.142. The van der Waals surface area contributed by atoms with Gasteiger partial charge in [-0.2, -0.15) is 5.10 Å². The molecule has 114 valence electrons. The number of thioether (sulfide) groups is 1. The summed E-state index contributed by atoms with van der Waals surface area (Å²) < 4.78 is 0. The molecule has 6 nitrogen and oxygen atoms in total. The summed E-state index contributed by atoms with van der Waals surface area (Å²) in [6.45, 7) is 1.49. The maximum Gasteiger partial charge on any atom is 0.307 e. The molecule has 2 atom stereocenters. The van der Waals surface area contributed by atoms with Gasteiger partial charge in [0, 0.05) is 6.21 Å². The largest absolute Gasteiger partial charge is 0.481 e. The summed E-state index contributed by atoms with van der Waals surface area (Å²) in [4.78, 5) is 22.6. The van der Waals surface area contributed by atoms with Crippen LogP contribution in [0, 0.1) is 5.92 Å². The lowest BCUT2D eigenvalue weighted by atomic mass is 10.1. The number of benzene rings is 1. The van der Waals surface area contributed by atoms with Gasteiger partial charge in [0.2, 0.25) is 5.91 Å². The highest BCUT2D eigenvalue weighted by atomic mass is 32.2. The molecule has 0 spiro atoms. The molecule has 0 bridgehead atoms. The van der Waals surface area contributed by atoms with Crippen molar-refractivity contribution in [3.63, 3.8) is 0 Å². The minimum Gasteiger partial charge on any atom is -0.481 e. The smallest absolute Gasteiger partial charge is 0.307 e. The minimum absolute atomic E-state index is 0.312. The van der Waals surface area contributed by atoms with Crippen LogP contribution in [0.2, 0.25) is 0 Å². The molecule has 22 heavy (non-hydrogen) atoms. The molecule has 2 rings (SSSR count). The van der Waals surface area contributed by atoms with Crippen LogP contribution in [0.5, 0.6) is 0 Å². The number of nitrogens with one attached hydrogen (secondary N) is 1.